The summed E-state index contributed by atoms with van der Waals surface area (Å²) in [5, 5.41) is 0. The topological polar surface area (TPSA) is 20.3 Å². The van der Waals surface area contributed by atoms with Crippen LogP contribution in [0.25, 0.3) is 0 Å². The predicted octanol–water partition coefficient (Wildman–Crippen LogP) is 3.92. The van der Waals surface area contributed by atoms with E-state index in [1.807, 2.05) is 13.8 Å². The maximum atomic E-state index is 12.7. The first kappa shape index (κ1) is 15.2. The highest BCUT2D eigenvalue weighted by molar-refractivity contribution is 5.90. The minimum Gasteiger partial charge on any atom is -0.337 e. The molecule has 2 fully saturated rings. The number of piperidine rings is 1. The number of carbonyl (C=O) groups is 1. The third-order valence-corrected chi connectivity index (χ3v) is 4.36. The lowest BCUT2D eigenvalue weighted by molar-refractivity contribution is -0.132. The summed E-state index contributed by atoms with van der Waals surface area (Å²) in [4.78, 5) is 13.0. The average molecular weight is 255 g/mol. The van der Waals surface area contributed by atoms with Crippen molar-refractivity contribution in [1.82, 2.24) is 4.90 Å². The summed E-state index contributed by atoms with van der Waals surface area (Å²) < 4.78 is 12.7. The Morgan fingerprint density at radius 3 is 2.22 bits per heavy atom. The van der Waals surface area contributed by atoms with Crippen molar-refractivity contribution in [3.63, 3.8) is 0 Å². The Kier molecular flexibility index (Phi) is 5.36. The molecular formula is C15H26FNO. The number of rotatable bonds is 2. The van der Waals surface area contributed by atoms with Gasteiger partial charge in [-0.3, -0.25) is 4.79 Å². The first-order valence-electron chi connectivity index (χ1n) is 7.20. The van der Waals surface area contributed by atoms with E-state index in [1.165, 1.54) is 19.3 Å². The minimum absolute atomic E-state index is 0.481. The molecule has 0 unspecified atom stereocenters. The van der Waals surface area contributed by atoms with E-state index in [0.29, 0.717) is 18.5 Å². The Balaban J connectivity index is 0.000000771. The Morgan fingerprint density at radius 1 is 1.33 bits per heavy atom. The number of hydrogen-bond donors (Lipinski definition) is 0. The quantitative estimate of drug-likeness (QED) is 0.685. The SMILES string of the molecule is C=C(F)C(=O)N1CCC2(CC1)CC(CC)C2.CC. The highest BCUT2D eigenvalue weighted by Crippen LogP contribution is 2.53. The smallest absolute Gasteiger partial charge is 0.281 e. The largest absolute Gasteiger partial charge is 0.337 e. The molecule has 1 spiro atoms. The van der Waals surface area contributed by atoms with Gasteiger partial charge < -0.3 is 4.90 Å². The van der Waals surface area contributed by atoms with Crippen molar-refractivity contribution >= 4 is 5.91 Å². The molecule has 3 heteroatoms. The molecule has 0 aromatic rings. The second kappa shape index (κ2) is 6.35. The van der Waals surface area contributed by atoms with Crippen LogP contribution in [0, 0.1) is 11.3 Å². The van der Waals surface area contributed by atoms with Crippen LogP contribution in [-0.2, 0) is 4.79 Å². The van der Waals surface area contributed by atoms with E-state index < -0.39 is 11.7 Å². The zero-order chi connectivity index (χ0) is 13.8. The van der Waals surface area contributed by atoms with Crippen LogP contribution in [0.2, 0.25) is 0 Å². The first-order valence-corrected chi connectivity index (χ1v) is 7.20. The lowest BCUT2D eigenvalue weighted by Gasteiger charge is -2.52. The van der Waals surface area contributed by atoms with Gasteiger partial charge in [-0.1, -0.05) is 33.8 Å². The molecule has 0 N–H and O–H groups in total. The zero-order valence-corrected chi connectivity index (χ0v) is 12.0. The van der Waals surface area contributed by atoms with Crippen LogP contribution in [0.3, 0.4) is 0 Å². The lowest BCUT2D eigenvalue weighted by Crippen LogP contribution is -2.48. The summed E-state index contributed by atoms with van der Waals surface area (Å²) in [6, 6.07) is 0. The number of amides is 1. The number of hydrogen-bond acceptors (Lipinski definition) is 1. The summed E-state index contributed by atoms with van der Waals surface area (Å²) in [6.07, 6.45) is 5.97. The van der Waals surface area contributed by atoms with Crippen molar-refractivity contribution in [3.05, 3.63) is 12.4 Å². The van der Waals surface area contributed by atoms with E-state index in [-0.39, 0.29) is 0 Å². The Morgan fingerprint density at radius 2 is 1.83 bits per heavy atom. The summed E-state index contributed by atoms with van der Waals surface area (Å²) >= 11 is 0. The van der Waals surface area contributed by atoms with E-state index in [1.54, 1.807) is 4.90 Å². The average Bonchev–Trinajstić information content (AvgIpc) is 2.37. The third-order valence-electron chi connectivity index (χ3n) is 4.36. The normalized spacial score (nSPS) is 21.9. The predicted molar refractivity (Wildman–Crippen MR) is 72.9 cm³/mol. The van der Waals surface area contributed by atoms with Gasteiger partial charge in [0.15, 0.2) is 5.83 Å². The van der Waals surface area contributed by atoms with E-state index in [9.17, 15) is 9.18 Å². The van der Waals surface area contributed by atoms with Gasteiger partial charge in [0.05, 0.1) is 0 Å². The minimum atomic E-state index is -0.823. The molecule has 0 aromatic heterocycles. The second-order valence-corrected chi connectivity index (χ2v) is 5.38. The van der Waals surface area contributed by atoms with Crippen LogP contribution in [0.4, 0.5) is 4.39 Å². The van der Waals surface area contributed by atoms with Crippen LogP contribution in [-0.4, -0.2) is 23.9 Å². The van der Waals surface area contributed by atoms with E-state index >= 15 is 0 Å². The molecule has 1 heterocycles. The maximum Gasteiger partial charge on any atom is 0.281 e. The van der Waals surface area contributed by atoms with E-state index in [4.69, 9.17) is 0 Å². The fourth-order valence-electron chi connectivity index (χ4n) is 3.22. The third kappa shape index (κ3) is 3.12. The molecule has 0 atom stereocenters. The maximum absolute atomic E-state index is 12.7. The molecule has 18 heavy (non-hydrogen) atoms. The van der Waals surface area contributed by atoms with E-state index in [0.717, 1.165) is 18.8 Å². The van der Waals surface area contributed by atoms with Crippen molar-refractivity contribution in [2.24, 2.45) is 11.3 Å². The van der Waals surface area contributed by atoms with E-state index in [2.05, 4.69) is 13.5 Å². The Labute approximate surface area is 110 Å². The molecule has 2 rings (SSSR count). The molecule has 104 valence electrons. The molecule has 0 aromatic carbocycles. The standard InChI is InChI=1S/C13H20FNO.C2H6/c1-3-11-8-13(9-11)4-6-15(7-5-13)12(16)10(2)14;1-2/h11H,2-9H2,1H3;1-2H3. The molecule has 0 bridgehead atoms. The van der Waals surface area contributed by atoms with Crippen LogP contribution >= 0.6 is 0 Å². The van der Waals surface area contributed by atoms with Gasteiger partial charge in [0.25, 0.3) is 5.91 Å². The highest BCUT2D eigenvalue weighted by atomic mass is 19.1. The van der Waals surface area contributed by atoms with Gasteiger partial charge in [0, 0.05) is 13.1 Å². The van der Waals surface area contributed by atoms with Crippen LogP contribution in [0.15, 0.2) is 12.4 Å². The van der Waals surface area contributed by atoms with Crippen LogP contribution in [0.1, 0.15) is 52.9 Å². The van der Waals surface area contributed by atoms with Crippen LogP contribution in [0.5, 0.6) is 0 Å². The lowest BCUT2D eigenvalue weighted by atomic mass is 9.57. The Hall–Kier alpha value is -0.860. The van der Waals surface area contributed by atoms with Crippen molar-refractivity contribution in [3.8, 4) is 0 Å². The molecule has 1 aliphatic heterocycles. The first-order chi connectivity index (χ1) is 8.56. The number of nitrogens with zero attached hydrogens (tertiary/aromatic N) is 1. The molecule has 1 saturated heterocycles. The molecule has 1 amide bonds. The van der Waals surface area contributed by atoms with Crippen molar-refractivity contribution < 1.29 is 9.18 Å². The van der Waals surface area contributed by atoms with Crippen LogP contribution < -0.4 is 0 Å². The second-order valence-electron chi connectivity index (χ2n) is 5.38. The molecule has 2 nitrogen and oxygen atoms in total. The molecular weight excluding hydrogens is 229 g/mol. The van der Waals surface area contributed by atoms with Gasteiger partial charge in [-0.05, 0) is 37.0 Å². The molecule has 0 radical (unpaired) electrons. The van der Waals surface area contributed by atoms with Gasteiger partial charge in [-0.2, -0.15) is 0 Å². The Bertz CT molecular complexity index is 298. The summed E-state index contributed by atoms with van der Waals surface area (Å²) in [6.45, 7) is 10.7. The highest BCUT2D eigenvalue weighted by Gasteiger charge is 2.45. The van der Waals surface area contributed by atoms with Gasteiger partial charge in [0.2, 0.25) is 0 Å². The van der Waals surface area contributed by atoms with Crippen molar-refractivity contribution in [2.45, 2.75) is 52.9 Å². The molecule has 1 saturated carbocycles. The van der Waals surface area contributed by atoms with Gasteiger partial charge in [0.1, 0.15) is 0 Å². The molecule has 1 aliphatic carbocycles. The number of halogens is 1. The monoisotopic (exact) mass is 255 g/mol. The number of carbonyl (C=O) groups excluding carboxylic acids is 1. The van der Waals surface area contributed by atoms with Crippen molar-refractivity contribution in [2.75, 3.05) is 13.1 Å². The summed E-state index contributed by atoms with van der Waals surface area (Å²) in [7, 11) is 0. The fraction of sp³-hybridized carbons (Fsp3) is 0.800. The van der Waals surface area contributed by atoms with Gasteiger partial charge in [-0.25, -0.2) is 4.39 Å². The van der Waals surface area contributed by atoms with Gasteiger partial charge >= 0.3 is 0 Å². The number of likely N-dealkylation sites (tertiary alicyclic amines) is 1. The summed E-state index contributed by atoms with van der Waals surface area (Å²) in [5.41, 5.74) is 0.481. The summed E-state index contributed by atoms with van der Waals surface area (Å²) in [5.74, 6) is -0.449. The van der Waals surface area contributed by atoms with Crippen molar-refractivity contribution in [1.29, 1.82) is 0 Å². The zero-order valence-electron chi connectivity index (χ0n) is 12.0. The van der Waals surface area contributed by atoms with Gasteiger partial charge in [-0.15, -0.1) is 0 Å². The molecule has 2 aliphatic rings. The fourth-order valence-corrected chi connectivity index (χ4v) is 3.22.